The molecule has 1 amide bonds. The number of nitrogens with zero attached hydrogens (tertiary/aromatic N) is 1. The second kappa shape index (κ2) is 4.97. The van der Waals surface area contributed by atoms with E-state index in [9.17, 15) is 4.79 Å². The van der Waals surface area contributed by atoms with Crippen LogP contribution in [0.25, 0.3) is 0 Å². The first kappa shape index (κ1) is 12.1. The Labute approximate surface area is 116 Å². The van der Waals surface area contributed by atoms with Gasteiger partial charge >= 0.3 is 0 Å². The summed E-state index contributed by atoms with van der Waals surface area (Å²) in [5, 5.41) is 3.88. The van der Waals surface area contributed by atoms with Crippen LogP contribution in [0.5, 0.6) is 0 Å². The topological polar surface area (TPSA) is 48.1 Å². The summed E-state index contributed by atoms with van der Waals surface area (Å²) >= 11 is 5.86. The highest BCUT2D eigenvalue weighted by atomic mass is 35.5. The van der Waals surface area contributed by atoms with E-state index in [1.165, 1.54) is 0 Å². The largest absolute Gasteiger partial charge is 0.383 e. The predicted molar refractivity (Wildman–Crippen MR) is 77.0 cm³/mol. The van der Waals surface area contributed by atoms with Gasteiger partial charge in [0.05, 0.1) is 16.4 Å². The number of halogens is 1. The summed E-state index contributed by atoms with van der Waals surface area (Å²) in [7, 11) is 0. The van der Waals surface area contributed by atoms with Crippen molar-refractivity contribution in [3.8, 4) is 0 Å². The summed E-state index contributed by atoms with van der Waals surface area (Å²) in [6.45, 7) is 1.56. The molecule has 5 heteroatoms. The second-order valence-corrected chi connectivity index (χ2v) is 4.92. The minimum absolute atomic E-state index is 0.0527. The molecule has 0 saturated heterocycles. The van der Waals surface area contributed by atoms with Crippen LogP contribution >= 0.6 is 11.6 Å². The molecule has 2 N–H and O–H groups in total. The Morgan fingerprint density at radius 1 is 1.32 bits per heavy atom. The molecule has 1 aromatic heterocycles. The molecule has 0 saturated carbocycles. The number of anilines is 2. The summed E-state index contributed by atoms with van der Waals surface area (Å²) in [5.41, 5.74) is 2.42. The molecule has 4 nitrogen and oxygen atoms in total. The number of para-hydroxylation sites is 2. The van der Waals surface area contributed by atoms with E-state index >= 15 is 0 Å². The van der Waals surface area contributed by atoms with E-state index in [1.807, 2.05) is 24.3 Å². The van der Waals surface area contributed by atoms with Gasteiger partial charge in [-0.1, -0.05) is 23.7 Å². The van der Waals surface area contributed by atoms with Gasteiger partial charge in [-0.15, -0.1) is 0 Å². The van der Waals surface area contributed by atoms with Gasteiger partial charge in [0.2, 0.25) is 0 Å². The first-order valence-electron chi connectivity index (χ1n) is 6.24. The van der Waals surface area contributed by atoms with Crippen molar-refractivity contribution in [2.24, 2.45) is 0 Å². The van der Waals surface area contributed by atoms with E-state index in [1.54, 1.807) is 17.2 Å². The van der Waals surface area contributed by atoms with Gasteiger partial charge in [-0.2, -0.15) is 0 Å². The third kappa shape index (κ3) is 2.31. The number of rotatable bonds is 1. The van der Waals surface area contributed by atoms with Crippen LogP contribution in [0.2, 0.25) is 5.02 Å². The molecule has 0 radical (unpaired) electrons. The molecule has 0 unspecified atom stereocenters. The molecule has 0 atom stereocenters. The lowest BCUT2D eigenvalue weighted by Gasteiger charge is -2.21. The molecule has 0 bridgehead atoms. The van der Waals surface area contributed by atoms with Crippen LogP contribution in [-0.4, -0.2) is 24.0 Å². The van der Waals surface area contributed by atoms with E-state index in [2.05, 4.69) is 10.3 Å². The Morgan fingerprint density at radius 2 is 2.16 bits per heavy atom. The van der Waals surface area contributed by atoms with Crippen molar-refractivity contribution in [3.05, 3.63) is 47.2 Å². The Morgan fingerprint density at radius 3 is 2.95 bits per heavy atom. The molecule has 98 valence electrons. The highest BCUT2D eigenvalue weighted by molar-refractivity contribution is 6.31. The van der Waals surface area contributed by atoms with E-state index in [0.717, 1.165) is 24.3 Å². The van der Waals surface area contributed by atoms with E-state index in [4.69, 9.17) is 11.6 Å². The number of amides is 1. The monoisotopic (exact) mass is 275 g/mol. The van der Waals surface area contributed by atoms with E-state index in [-0.39, 0.29) is 5.91 Å². The quantitative estimate of drug-likeness (QED) is 0.840. The summed E-state index contributed by atoms with van der Waals surface area (Å²) in [4.78, 5) is 17.2. The number of aromatic amines is 1. The van der Waals surface area contributed by atoms with Crippen LogP contribution in [0.3, 0.4) is 0 Å². The predicted octanol–water partition coefficient (Wildman–Crippen LogP) is 3.13. The van der Waals surface area contributed by atoms with Crippen LogP contribution in [0, 0.1) is 0 Å². The fourth-order valence-electron chi connectivity index (χ4n) is 2.29. The number of benzene rings is 1. The summed E-state index contributed by atoms with van der Waals surface area (Å²) in [5.74, 6) is -0.0527. The van der Waals surface area contributed by atoms with Gasteiger partial charge in [-0.25, -0.2) is 0 Å². The molecule has 0 fully saturated rings. The molecule has 0 spiro atoms. The lowest BCUT2D eigenvalue weighted by Crippen LogP contribution is -2.31. The molecule has 3 rings (SSSR count). The first-order valence-corrected chi connectivity index (χ1v) is 6.62. The Balaban J connectivity index is 1.98. The van der Waals surface area contributed by atoms with Crippen LogP contribution in [0.4, 0.5) is 11.4 Å². The maximum atomic E-state index is 12.5. The first-order chi connectivity index (χ1) is 9.25. The van der Waals surface area contributed by atoms with Crippen molar-refractivity contribution >= 4 is 28.9 Å². The minimum atomic E-state index is -0.0527. The molecule has 1 aromatic carbocycles. The zero-order valence-electron chi connectivity index (χ0n) is 10.3. The molecule has 1 aliphatic rings. The third-order valence-corrected chi connectivity index (χ3v) is 3.41. The van der Waals surface area contributed by atoms with Crippen LogP contribution < -0.4 is 10.2 Å². The standard InChI is InChI=1S/C14H14ClN3O/c15-10-8-12(17-9-10)14(19)18-7-3-6-16-11-4-1-2-5-13(11)18/h1-2,4-5,8-9,16-17H,3,6-7H2. The number of carbonyl (C=O) groups is 1. The number of hydrogen-bond donors (Lipinski definition) is 2. The average molecular weight is 276 g/mol. The zero-order chi connectivity index (χ0) is 13.2. The van der Waals surface area contributed by atoms with Crippen molar-refractivity contribution in [2.75, 3.05) is 23.3 Å². The summed E-state index contributed by atoms with van der Waals surface area (Å²) in [6, 6.07) is 9.50. The van der Waals surface area contributed by atoms with Gasteiger partial charge in [0.25, 0.3) is 5.91 Å². The maximum Gasteiger partial charge on any atom is 0.274 e. The Kier molecular flexibility index (Phi) is 3.17. The van der Waals surface area contributed by atoms with Crippen LogP contribution in [0.1, 0.15) is 16.9 Å². The van der Waals surface area contributed by atoms with Crippen molar-refractivity contribution in [3.63, 3.8) is 0 Å². The van der Waals surface area contributed by atoms with Crippen molar-refractivity contribution in [1.82, 2.24) is 4.98 Å². The second-order valence-electron chi connectivity index (χ2n) is 4.49. The molecule has 2 heterocycles. The Hall–Kier alpha value is -1.94. The number of fused-ring (bicyclic) bond motifs is 1. The Bertz CT molecular complexity index is 608. The van der Waals surface area contributed by atoms with Gasteiger partial charge < -0.3 is 15.2 Å². The molecular formula is C14H14ClN3O. The molecule has 1 aliphatic heterocycles. The fraction of sp³-hybridized carbons (Fsp3) is 0.214. The SMILES string of the molecule is O=C(c1cc(Cl)c[nH]1)N1CCCNc2ccccc21. The smallest absolute Gasteiger partial charge is 0.274 e. The van der Waals surface area contributed by atoms with Crippen LogP contribution in [0.15, 0.2) is 36.5 Å². The van der Waals surface area contributed by atoms with Gasteiger partial charge in [0.1, 0.15) is 5.69 Å². The van der Waals surface area contributed by atoms with Crippen LogP contribution in [-0.2, 0) is 0 Å². The van der Waals surface area contributed by atoms with Gasteiger partial charge in [0, 0.05) is 19.3 Å². The number of carbonyl (C=O) groups excluding carboxylic acids is 1. The highest BCUT2D eigenvalue weighted by Gasteiger charge is 2.22. The number of H-pyrrole nitrogens is 1. The summed E-state index contributed by atoms with van der Waals surface area (Å²) < 4.78 is 0. The zero-order valence-corrected chi connectivity index (χ0v) is 11.1. The number of hydrogen-bond acceptors (Lipinski definition) is 2. The molecule has 19 heavy (non-hydrogen) atoms. The van der Waals surface area contributed by atoms with Gasteiger partial charge in [-0.3, -0.25) is 4.79 Å². The fourth-order valence-corrected chi connectivity index (χ4v) is 2.45. The normalized spacial score (nSPS) is 14.5. The van der Waals surface area contributed by atoms with Gasteiger partial charge in [-0.05, 0) is 24.6 Å². The lowest BCUT2D eigenvalue weighted by molar-refractivity contribution is 0.0983. The van der Waals surface area contributed by atoms with Crippen molar-refractivity contribution < 1.29 is 4.79 Å². The molecule has 2 aromatic rings. The van der Waals surface area contributed by atoms with E-state index < -0.39 is 0 Å². The number of aromatic nitrogens is 1. The highest BCUT2D eigenvalue weighted by Crippen LogP contribution is 2.29. The summed E-state index contributed by atoms with van der Waals surface area (Å²) in [6.07, 6.45) is 2.53. The van der Waals surface area contributed by atoms with Crippen molar-refractivity contribution in [2.45, 2.75) is 6.42 Å². The number of nitrogens with one attached hydrogen (secondary N) is 2. The lowest BCUT2D eigenvalue weighted by atomic mass is 10.2. The third-order valence-electron chi connectivity index (χ3n) is 3.19. The minimum Gasteiger partial charge on any atom is -0.383 e. The average Bonchev–Trinajstić information content (AvgIpc) is 2.74. The van der Waals surface area contributed by atoms with E-state index in [0.29, 0.717) is 17.3 Å². The van der Waals surface area contributed by atoms with Crippen molar-refractivity contribution in [1.29, 1.82) is 0 Å². The molecular weight excluding hydrogens is 262 g/mol. The van der Waals surface area contributed by atoms with Gasteiger partial charge in [0.15, 0.2) is 0 Å². The molecule has 0 aliphatic carbocycles. The maximum absolute atomic E-state index is 12.5.